The zero-order chi connectivity index (χ0) is 21.0. The second kappa shape index (κ2) is 9.36. The summed E-state index contributed by atoms with van der Waals surface area (Å²) in [6.45, 7) is -3.26. The van der Waals surface area contributed by atoms with E-state index in [-0.39, 0.29) is 20.4 Å². The molecule has 0 spiro atoms. The molecule has 0 saturated heterocycles. The van der Waals surface area contributed by atoms with Crippen molar-refractivity contribution in [1.29, 1.82) is 0 Å². The van der Waals surface area contributed by atoms with E-state index in [0.717, 1.165) is 0 Å². The normalized spacial score (nSPS) is 12.2. The number of hydrogen-bond donors (Lipinski definition) is 0. The molecule has 2 heteroatoms. The monoisotopic (exact) mass is 522 g/mol. The van der Waals surface area contributed by atoms with Crippen LogP contribution in [0.25, 0.3) is 0 Å². The summed E-state index contributed by atoms with van der Waals surface area (Å²) < 4.78 is 0. The predicted molar refractivity (Wildman–Crippen MR) is 137 cm³/mol. The predicted octanol–water partition coefficient (Wildman–Crippen LogP) is 5.16. The Morgan fingerprint density at radius 3 is 0.562 bits per heavy atom. The van der Waals surface area contributed by atoms with Gasteiger partial charge in [0.05, 0.1) is 0 Å². The quantitative estimate of drug-likeness (QED) is 0.221. The molecule has 0 atom stereocenters. The summed E-state index contributed by atoms with van der Waals surface area (Å²) in [5.74, 6) is 0. The summed E-state index contributed by atoms with van der Waals surface area (Å²) in [7, 11) is 0. The minimum atomic E-state index is -3.26. The van der Waals surface area contributed by atoms with E-state index in [0.29, 0.717) is 0 Å². The summed E-state index contributed by atoms with van der Waals surface area (Å²) in [5.41, 5.74) is 0. The van der Waals surface area contributed by atoms with Crippen LogP contribution in [0.2, 0.25) is 0 Å². The van der Waals surface area contributed by atoms with Gasteiger partial charge in [-0.25, -0.2) is 0 Å². The molecule has 5 rings (SSSR count). The minimum absolute atomic E-state index is 0. The molecule has 0 radical (unpaired) electrons. The van der Waals surface area contributed by atoms with Crippen molar-refractivity contribution in [1.82, 2.24) is 0 Å². The zero-order valence-corrected chi connectivity index (χ0v) is 20.1. The standard InChI is InChI=1S/C30H25P.Pd/c1-6-16-26(17-7-1)31(27-18-8-2-9-19-27,28-20-10-3-11-21-28,29-22-12-4-13-23-29)30-24-14-5-15-25-30;/h1-25H;. The molecule has 0 aliphatic heterocycles. The molecule has 0 bridgehead atoms. The summed E-state index contributed by atoms with van der Waals surface area (Å²) >= 11 is 0. The van der Waals surface area contributed by atoms with Crippen LogP contribution >= 0.6 is 6.60 Å². The van der Waals surface area contributed by atoms with E-state index in [1.165, 1.54) is 26.5 Å². The molecule has 0 unspecified atom stereocenters. The van der Waals surface area contributed by atoms with Gasteiger partial charge in [0.25, 0.3) is 0 Å². The van der Waals surface area contributed by atoms with Gasteiger partial charge in [-0.15, -0.1) is 0 Å². The topological polar surface area (TPSA) is 0 Å². The van der Waals surface area contributed by atoms with Gasteiger partial charge in [0.1, 0.15) is 0 Å². The molecule has 5 aromatic rings. The molecule has 0 heterocycles. The van der Waals surface area contributed by atoms with Crippen molar-refractivity contribution in [3.8, 4) is 0 Å². The first kappa shape index (κ1) is 22.4. The fourth-order valence-electron chi connectivity index (χ4n) is 5.12. The molecule has 0 nitrogen and oxygen atoms in total. The average molecular weight is 523 g/mol. The maximum absolute atomic E-state index is 3.26. The number of hydrogen-bond acceptors (Lipinski definition) is 0. The third-order valence-corrected chi connectivity index (χ3v) is 13.0. The Hall–Kier alpha value is -2.81. The first-order valence-corrected chi connectivity index (χ1v) is 12.9. The van der Waals surface area contributed by atoms with Crippen LogP contribution in [0, 0.1) is 0 Å². The van der Waals surface area contributed by atoms with Crippen LogP contribution in [0.5, 0.6) is 0 Å². The average Bonchev–Trinajstić information content (AvgIpc) is 2.88. The van der Waals surface area contributed by atoms with E-state index in [9.17, 15) is 0 Å². The third kappa shape index (κ3) is 3.13. The van der Waals surface area contributed by atoms with Crippen molar-refractivity contribution < 1.29 is 20.4 Å². The van der Waals surface area contributed by atoms with Crippen LogP contribution in [0.1, 0.15) is 0 Å². The van der Waals surface area contributed by atoms with Crippen molar-refractivity contribution in [3.05, 3.63) is 152 Å². The van der Waals surface area contributed by atoms with Crippen molar-refractivity contribution in [2.24, 2.45) is 0 Å². The van der Waals surface area contributed by atoms with E-state index in [1.807, 2.05) is 0 Å². The molecule has 0 aliphatic rings. The summed E-state index contributed by atoms with van der Waals surface area (Å²) in [6, 6.07) is 55.5. The first-order chi connectivity index (χ1) is 15.4. The Balaban J connectivity index is 0.00000245. The van der Waals surface area contributed by atoms with E-state index >= 15 is 0 Å². The van der Waals surface area contributed by atoms with Crippen LogP contribution < -0.4 is 26.5 Å². The van der Waals surface area contributed by atoms with Gasteiger partial charge < -0.3 is 0 Å². The third-order valence-electron chi connectivity index (χ3n) is 6.36. The van der Waals surface area contributed by atoms with Gasteiger partial charge in [-0.2, -0.15) is 0 Å². The van der Waals surface area contributed by atoms with E-state index < -0.39 is 6.60 Å². The SMILES string of the molecule is [Pd].c1ccc(P(c2ccccc2)(c2ccccc2)(c2ccccc2)c2ccccc2)cc1. The molecule has 0 saturated carbocycles. The van der Waals surface area contributed by atoms with E-state index in [1.54, 1.807) is 0 Å². The van der Waals surface area contributed by atoms with Crippen LogP contribution in [-0.4, -0.2) is 0 Å². The summed E-state index contributed by atoms with van der Waals surface area (Å²) in [6.07, 6.45) is 0. The number of rotatable bonds is 5. The number of benzene rings is 5. The Kier molecular flexibility index (Phi) is 6.55. The molecular weight excluding hydrogens is 498 g/mol. The second-order valence-corrected chi connectivity index (χ2v) is 12.6. The summed E-state index contributed by atoms with van der Waals surface area (Å²) in [5, 5.41) is 6.75. The van der Waals surface area contributed by atoms with Gasteiger partial charge in [-0.1, -0.05) is 0 Å². The zero-order valence-electron chi connectivity index (χ0n) is 17.7. The molecule has 0 N–H and O–H groups in total. The van der Waals surface area contributed by atoms with Crippen LogP contribution in [-0.2, 0) is 20.4 Å². The van der Waals surface area contributed by atoms with Gasteiger partial charge in [-0.3, -0.25) is 0 Å². The molecule has 5 aromatic carbocycles. The fourth-order valence-corrected chi connectivity index (χ4v) is 11.9. The van der Waals surface area contributed by atoms with E-state index in [4.69, 9.17) is 0 Å². The molecule has 0 fully saturated rings. The van der Waals surface area contributed by atoms with Crippen molar-refractivity contribution in [2.75, 3.05) is 0 Å². The molecule has 160 valence electrons. The Labute approximate surface area is 204 Å². The molecule has 0 amide bonds. The maximum atomic E-state index is 2.32. The van der Waals surface area contributed by atoms with Gasteiger partial charge in [0, 0.05) is 20.4 Å². The Morgan fingerprint density at radius 1 is 0.250 bits per heavy atom. The van der Waals surface area contributed by atoms with Gasteiger partial charge in [-0.05, 0) is 0 Å². The first-order valence-electron chi connectivity index (χ1n) is 10.7. The van der Waals surface area contributed by atoms with Crippen LogP contribution in [0.4, 0.5) is 0 Å². The molecule has 0 aromatic heterocycles. The van der Waals surface area contributed by atoms with Crippen LogP contribution in [0.15, 0.2) is 152 Å². The van der Waals surface area contributed by atoms with Crippen molar-refractivity contribution in [3.63, 3.8) is 0 Å². The second-order valence-electron chi connectivity index (χ2n) is 7.80. The Bertz CT molecular complexity index is 1010. The van der Waals surface area contributed by atoms with Gasteiger partial charge in [0.15, 0.2) is 0 Å². The van der Waals surface area contributed by atoms with Crippen molar-refractivity contribution in [2.45, 2.75) is 0 Å². The van der Waals surface area contributed by atoms with Crippen molar-refractivity contribution >= 4 is 33.1 Å². The Morgan fingerprint density at radius 2 is 0.406 bits per heavy atom. The molecular formula is C30H25PPd. The molecule has 32 heavy (non-hydrogen) atoms. The van der Waals surface area contributed by atoms with Gasteiger partial charge >= 0.3 is 185 Å². The fraction of sp³-hybridized carbons (Fsp3) is 0. The van der Waals surface area contributed by atoms with Gasteiger partial charge in [0.2, 0.25) is 0 Å². The van der Waals surface area contributed by atoms with Crippen LogP contribution in [0.3, 0.4) is 0 Å². The molecule has 0 aliphatic carbocycles. The van der Waals surface area contributed by atoms with E-state index in [2.05, 4.69) is 152 Å². The summed E-state index contributed by atoms with van der Waals surface area (Å²) in [4.78, 5) is 0.